The Labute approximate surface area is 135 Å². The molecule has 1 aromatic carbocycles. The van der Waals surface area contributed by atoms with E-state index in [1.807, 2.05) is 0 Å². The molecule has 0 saturated heterocycles. The Morgan fingerprint density at radius 3 is 2.65 bits per heavy atom. The number of ketones is 1. The summed E-state index contributed by atoms with van der Waals surface area (Å²) in [5.74, 6) is 0.314. The van der Waals surface area contributed by atoms with E-state index in [0.717, 1.165) is 0 Å². The van der Waals surface area contributed by atoms with Crippen molar-refractivity contribution in [3.8, 4) is 0 Å². The molecule has 122 valence electrons. The first-order valence-corrected chi connectivity index (χ1v) is 8.38. The number of hydrogen-bond acceptors (Lipinski definition) is 6. The second kappa shape index (κ2) is 6.84. The third kappa shape index (κ3) is 4.33. The van der Waals surface area contributed by atoms with Crippen molar-refractivity contribution >= 4 is 21.8 Å². The van der Waals surface area contributed by atoms with Crippen LogP contribution in [0.5, 0.6) is 0 Å². The lowest BCUT2D eigenvalue weighted by Gasteiger charge is -2.11. The minimum atomic E-state index is -3.72. The molecule has 0 atom stereocenters. The number of carbonyl (C=O) groups is 1. The van der Waals surface area contributed by atoms with Gasteiger partial charge >= 0.3 is 0 Å². The molecule has 0 spiro atoms. The summed E-state index contributed by atoms with van der Waals surface area (Å²) in [5, 5.41) is 0. The van der Waals surface area contributed by atoms with E-state index in [2.05, 4.69) is 14.7 Å². The monoisotopic (exact) mass is 334 g/mol. The standard InChI is InChI=1S/C15H18N4O3S/c1-11(20)12-5-4-6-14(9-12)23(21,22)17-10-13-7-8-16-15(18-13)19(2)3/h4-9,17H,10H2,1-3H3. The van der Waals surface area contributed by atoms with Crippen molar-refractivity contribution in [3.05, 3.63) is 47.8 Å². The number of aromatic nitrogens is 2. The molecule has 0 amide bonds. The average Bonchev–Trinajstić information content (AvgIpc) is 2.53. The molecule has 1 aromatic heterocycles. The van der Waals surface area contributed by atoms with Crippen LogP contribution in [0, 0.1) is 0 Å². The zero-order chi connectivity index (χ0) is 17.0. The van der Waals surface area contributed by atoms with Gasteiger partial charge < -0.3 is 4.90 Å². The van der Waals surface area contributed by atoms with Gasteiger partial charge in [0.2, 0.25) is 16.0 Å². The summed E-state index contributed by atoms with van der Waals surface area (Å²) in [5.41, 5.74) is 0.903. The summed E-state index contributed by atoms with van der Waals surface area (Å²) in [6, 6.07) is 7.56. The molecule has 2 rings (SSSR count). The molecule has 0 aliphatic heterocycles. The molecule has 0 saturated carbocycles. The maximum Gasteiger partial charge on any atom is 0.240 e. The second-order valence-corrected chi connectivity index (χ2v) is 6.92. The fourth-order valence-electron chi connectivity index (χ4n) is 1.83. The number of nitrogens with one attached hydrogen (secondary N) is 1. The van der Waals surface area contributed by atoms with Crippen molar-refractivity contribution < 1.29 is 13.2 Å². The number of rotatable bonds is 6. The van der Waals surface area contributed by atoms with Crippen molar-refractivity contribution in [1.29, 1.82) is 0 Å². The molecule has 7 nitrogen and oxygen atoms in total. The van der Waals surface area contributed by atoms with Crippen LogP contribution in [-0.2, 0) is 16.6 Å². The smallest absolute Gasteiger partial charge is 0.240 e. The van der Waals surface area contributed by atoms with E-state index in [-0.39, 0.29) is 17.2 Å². The van der Waals surface area contributed by atoms with E-state index < -0.39 is 10.0 Å². The maximum atomic E-state index is 12.3. The van der Waals surface area contributed by atoms with Crippen LogP contribution in [0.25, 0.3) is 0 Å². The molecule has 0 bridgehead atoms. The average molecular weight is 334 g/mol. The molecular formula is C15H18N4O3S. The molecule has 23 heavy (non-hydrogen) atoms. The second-order valence-electron chi connectivity index (χ2n) is 5.15. The zero-order valence-electron chi connectivity index (χ0n) is 13.1. The lowest BCUT2D eigenvalue weighted by Crippen LogP contribution is -2.24. The molecule has 0 aliphatic rings. The molecule has 0 radical (unpaired) electrons. The molecule has 1 N–H and O–H groups in total. The minimum absolute atomic E-state index is 0.0377. The van der Waals surface area contributed by atoms with Gasteiger partial charge in [-0.05, 0) is 25.1 Å². The third-order valence-electron chi connectivity index (χ3n) is 3.09. The summed E-state index contributed by atoms with van der Waals surface area (Å²) in [4.78, 5) is 21.5. The summed E-state index contributed by atoms with van der Waals surface area (Å²) < 4.78 is 27.1. The Morgan fingerprint density at radius 1 is 1.26 bits per heavy atom. The van der Waals surface area contributed by atoms with E-state index in [1.165, 1.54) is 19.1 Å². The number of anilines is 1. The van der Waals surface area contributed by atoms with E-state index in [0.29, 0.717) is 17.2 Å². The fraction of sp³-hybridized carbons (Fsp3) is 0.267. The van der Waals surface area contributed by atoms with Gasteiger partial charge in [-0.3, -0.25) is 4.79 Å². The maximum absolute atomic E-state index is 12.3. The van der Waals surface area contributed by atoms with Crippen LogP contribution in [0.1, 0.15) is 23.0 Å². The highest BCUT2D eigenvalue weighted by Gasteiger charge is 2.15. The summed E-state index contributed by atoms with van der Waals surface area (Å²) >= 11 is 0. The Kier molecular flexibility index (Phi) is 5.07. The van der Waals surface area contributed by atoms with Crippen molar-refractivity contribution in [2.45, 2.75) is 18.4 Å². The molecule has 0 aliphatic carbocycles. The van der Waals surface area contributed by atoms with Gasteiger partial charge in [-0.1, -0.05) is 12.1 Å². The first kappa shape index (κ1) is 17.0. The number of carbonyl (C=O) groups excluding carboxylic acids is 1. The number of benzene rings is 1. The Balaban J connectivity index is 2.17. The van der Waals surface area contributed by atoms with Crippen LogP contribution < -0.4 is 9.62 Å². The fourth-order valence-corrected chi connectivity index (χ4v) is 2.88. The topological polar surface area (TPSA) is 92.3 Å². The van der Waals surface area contributed by atoms with Gasteiger partial charge in [0.05, 0.1) is 17.1 Å². The largest absolute Gasteiger partial charge is 0.347 e. The van der Waals surface area contributed by atoms with Crippen molar-refractivity contribution in [1.82, 2.24) is 14.7 Å². The van der Waals surface area contributed by atoms with Crippen molar-refractivity contribution in [2.75, 3.05) is 19.0 Å². The lowest BCUT2D eigenvalue weighted by molar-refractivity contribution is 0.101. The predicted octanol–water partition coefficient (Wildman–Crippen LogP) is 1.22. The van der Waals surface area contributed by atoms with E-state index >= 15 is 0 Å². The highest BCUT2D eigenvalue weighted by molar-refractivity contribution is 7.89. The SMILES string of the molecule is CC(=O)c1cccc(S(=O)(=O)NCc2ccnc(N(C)C)n2)c1. The summed E-state index contributed by atoms with van der Waals surface area (Å²) in [6.45, 7) is 1.43. The number of Topliss-reactive ketones (excluding diaryl/α,β-unsaturated/α-hetero) is 1. The molecule has 0 fully saturated rings. The van der Waals surface area contributed by atoms with E-state index in [4.69, 9.17) is 0 Å². The lowest BCUT2D eigenvalue weighted by atomic mass is 10.2. The number of sulfonamides is 1. The number of nitrogens with zero attached hydrogens (tertiary/aromatic N) is 3. The van der Waals surface area contributed by atoms with Gasteiger partial charge in [0.25, 0.3) is 0 Å². The summed E-state index contributed by atoms with van der Waals surface area (Å²) in [7, 11) is -0.120. The first-order valence-electron chi connectivity index (χ1n) is 6.89. The Bertz CT molecular complexity index is 819. The van der Waals surface area contributed by atoms with Crippen LogP contribution >= 0.6 is 0 Å². The van der Waals surface area contributed by atoms with Gasteiger partial charge in [-0.25, -0.2) is 23.1 Å². The van der Waals surface area contributed by atoms with Crippen molar-refractivity contribution in [3.63, 3.8) is 0 Å². The molecule has 8 heteroatoms. The van der Waals surface area contributed by atoms with Crippen LogP contribution in [0.15, 0.2) is 41.4 Å². The Morgan fingerprint density at radius 2 is 2.00 bits per heavy atom. The third-order valence-corrected chi connectivity index (χ3v) is 4.49. The minimum Gasteiger partial charge on any atom is -0.347 e. The van der Waals surface area contributed by atoms with E-state index in [9.17, 15) is 13.2 Å². The van der Waals surface area contributed by atoms with E-state index in [1.54, 1.807) is 43.4 Å². The van der Waals surface area contributed by atoms with Gasteiger partial charge in [-0.2, -0.15) is 0 Å². The normalized spacial score (nSPS) is 11.3. The highest BCUT2D eigenvalue weighted by Crippen LogP contribution is 2.13. The van der Waals surface area contributed by atoms with Gasteiger partial charge in [0, 0.05) is 25.9 Å². The number of hydrogen-bond donors (Lipinski definition) is 1. The van der Waals surface area contributed by atoms with Crippen LogP contribution in [0.4, 0.5) is 5.95 Å². The molecule has 2 aromatic rings. The van der Waals surface area contributed by atoms with Gasteiger partial charge in [0.15, 0.2) is 5.78 Å². The Hall–Kier alpha value is -2.32. The van der Waals surface area contributed by atoms with Crippen LogP contribution in [-0.4, -0.2) is 38.3 Å². The molecular weight excluding hydrogens is 316 g/mol. The highest BCUT2D eigenvalue weighted by atomic mass is 32.2. The summed E-state index contributed by atoms with van der Waals surface area (Å²) in [6.07, 6.45) is 1.57. The molecule has 0 unspecified atom stereocenters. The quantitative estimate of drug-likeness (QED) is 0.799. The van der Waals surface area contributed by atoms with Gasteiger partial charge in [-0.15, -0.1) is 0 Å². The first-order chi connectivity index (χ1) is 10.8. The van der Waals surface area contributed by atoms with Gasteiger partial charge in [0.1, 0.15) is 0 Å². The molecule has 1 heterocycles. The predicted molar refractivity (Wildman–Crippen MR) is 86.8 cm³/mol. The zero-order valence-corrected chi connectivity index (χ0v) is 14.0. The van der Waals surface area contributed by atoms with Crippen molar-refractivity contribution in [2.24, 2.45) is 0 Å². The van der Waals surface area contributed by atoms with Crippen LogP contribution in [0.3, 0.4) is 0 Å². The van der Waals surface area contributed by atoms with Crippen LogP contribution in [0.2, 0.25) is 0 Å².